The number of benzene rings is 2. The minimum Gasteiger partial charge on any atom is -0.366 e. The van der Waals surface area contributed by atoms with Gasteiger partial charge in [0.1, 0.15) is 15.0 Å². The molecule has 0 radical (unpaired) electrons. The maximum Gasteiger partial charge on any atom is 0.259 e. The molecule has 0 atom stereocenters. The van der Waals surface area contributed by atoms with E-state index >= 15 is 0 Å². The first kappa shape index (κ1) is 21.2. The van der Waals surface area contributed by atoms with Gasteiger partial charge in [-0.1, -0.05) is 36.4 Å². The highest BCUT2D eigenvalue weighted by atomic mass is 32.2. The molecule has 4 rings (SSSR count). The number of sulfonamides is 1. The van der Waals surface area contributed by atoms with Crippen LogP contribution < -0.4 is 11.1 Å². The monoisotopic (exact) mass is 459 g/mol. The molecule has 31 heavy (non-hydrogen) atoms. The SMILES string of the molecule is NC(=O)c1cc(S(=O)(=O)N2CCc3ccccc3C2)sc1NC(=O)c1ccccc1F. The molecular weight excluding hydrogens is 441 g/mol. The van der Waals surface area contributed by atoms with Crippen molar-refractivity contribution in [2.45, 2.75) is 17.2 Å². The van der Waals surface area contributed by atoms with Crippen LogP contribution in [0.2, 0.25) is 0 Å². The van der Waals surface area contributed by atoms with E-state index in [0.717, 1.165) is 23.3 Å². The van der Waals surface area contributed by atoms with Gasteiger partial charge < -0.3 is 11.1 Å². The molecule has 3 N–H and O–H groups in total. The van der Waals surface area contributed by atoms with Crippen LogP contribution in [-0.4, -0.2) is 31.1 Å². The highest BCUT2D eigenvalue weighted by molar-refractivity contribution is 7.91. The van der Waals surface area contributed by atoms with Gasteiger partial charge in [0.2, 0.25) is 0 Å². The third kappa shape index (κ3) is 4.09. The van der Waals surface area contributed by atoms with Gasteiger partial charge in [-0.3, -0.25) is 9.59 Å². The quantitative estimate of drug-likeness (QED) is 0.611. The number of amides is 2. The Kier molecular flexibility index (Phi) is 5.61. The lowest BCUT2D eigenvalue weighted by Crippen LogP contribution is -2.35. The first-order valence-electron chi connectivity index (χ1n) is 9.34. The molecular formula is C21H18FN3O4S2. The number of hydrogen-bond donors (Lipinski definition) is 2. The van der Waals surface area contributed by atoms with E-state index < -0.39 is 27.7 Å². The Morgan fingerprint density at radius 1 is 1.03 bits per heavy atom. The fourth-order valence-corrected chi connectivity index (χ4v) is 6.33. The number of carbonyl (C=O) groups excluding carboxylic acids is 2. The van der Waals surface area contributed by atoms with Crippen LogP contribution in [0.4, 0.5) is 9.39 Å². The minimum atomic E-state index is -3.93. The Bertz CT molecular complexity index is 1290. The summed E-state index contributed by atoms with van der Waals surface area (Å²) >= 11 is 0.714. The van der Waals surface area contributed by atoms with Crippen LogP contribution in [-0.2, 0) is 23.0 Å². The van der Waals surface area contributed by atoms with Crippen molar-refractivity contribution in [3.8, 4) is 0 Å². The summed E-state index contributed by atoms with van der Waals surface area (Å²) in [6.45, 7) is 0.499. The van der Waals surface area contributed by atoms with Gasteiger partial charge in [0, 0.05) is 13.1 Å². The number of primary amides is 1. The lowest BCUT2D eigenvalue weighted by Gasteiger charge is -2.27. The molecule has 10 heteroatoms. The van der Waals surface area contributed by atoms with Crippen molar-refractivity contribution in [2.24, 2.45) is 5.73 Å². The first-order chi connectivity index (χ1) is 14.8. The number of halogens is 1. The molecule has 2 heterocycles. The summed E-state index contributed by atoms with van der Waals surface area (Å²) in [5.41, 5.74) is 7.02. The van der Waals surface area contributed by atoms with Gasteiger partial charge in [-0.25, -0.2) is 12.8 Å². The number of thiophene rings is 1. The maximum absolute atomic E-state index is 13.9. The summed E-state index contributed by atoms with van der Waals surface area (Å²) in [5, 5.41) is 2.37. The molecule has 2 amide bonds. The zero-order valence-electron chi connectivity index (χ0n) is 16.2. The average molecular weight is 460 g/mol. The third-order valence-electron chi connectivity index (χ3n) is 5.01. The summed E-state index contributed by atoms with van der Waals surface area (Å²) in [4.78, 5) is 24.3. The molecule has 3 aromatic rings. The van der Waals surface area contributed by atoms with Gasteiger partial charge >= 0.3 is 0 Å². The van der Waals surface area contributed by atoms with Crippen LogP contribution >= 0.6 is 11.3 Å². The summed E-state index contributed by atoms with van der Waals surface area (Å²) in [7, 11) is -3.93. The zero-order chi connectivity index (χ0) is 22.2. The fourth-order valence-electron chi connectivity index (χ4n) is 3.39. The maximum atomic E-state index is 13.9. The third-order valence-corrected chi connectivity index (χ3v) is 8.36. The van der Waals surface area contributed by atoms with E-state index in [1.807, 2.05) is 24.3 Å². The molecule has 0 spiro atoms. The van der Waals surface area contributed by atoms with Crippen molar-refractivity contribution < 1.29 is 22.4 Å². The van der Waals surface area contributed by atoms with Crippen LogP contribution in [0.3, 0.4) is 0 Å². The van der Waals surface area contributed by atoms with Gasteiger partial charge in [-0.15, -0.1) is 11.3 Å². The molecule has 0 unspecified atom stereocenters. The molecule has 1 aromatic heterocycles. The van der Waals surface area contributed by atoms with Crippen molar-refractivity contribution in [1.29, 1.82) is 0 Å². The molecule has 0 aliphatic carbocycles. The lowest BCUT2D eigenvalue weighted by molar-refractivity contribution is 0.100. The predicted molar refractivity (Wildman–Crippen MR) is 115 cm³/mol. The molecule has 0 fully saturated rings. The van der Waals surface area contributed by atoms with Gasteiger partial charge in [0.15, 0.2) is 0 Å². The number of nitrogens with zero attached hydrogens (tertiary/aromatic N) is 1. The predicted octanol–water partition coefficient (Wildman–Crippen LogP) is 2.99. The molecule has 0 saturated carbocycles. The number of carbonyl (C=O) groups is 2. The van der Waals surface area contributed by atoms with E-state index in [2.05, 4.69) is 5.32 Å². The fraction of sp³-hybridized carbons (Fsp3) is 0.143. The second-order valence-electron chi connectivity index (χ2n) is 6.96. The van der Waals surface area contributed by atoms with E-state index in [1.165, 1.54) is 22.5 Å². The Morgan fingerprint density at radius 2 is 1.71 bits per heavy atom. The Hall–Kier alpha value is -3.08. The highest BCUT2D eigenvalue weighted by Gasteiger charge is 2.31. The largest absolute Gasteiger partial charge is 0.366 e. The van der Waals surface area contributed by atoms with Gasteiger partial charge in [0.25, 0.3) is 21.8 Å². The molecule has 1 aliphatic heterocycles. The van der Waals surface area contributed by atoms with Crippen LogP contribution in [0, 0.1) is 5.82 Å². The summed E-state index contributed by atoms with van der Waals surface area (Å²) in [6, 6.07) is 14.1. The Morgan fingerprint density at radius 3 is 2.42 bits per heavy atom. The average Bonchev–Trinajstić information content (AvgIpc) is 3.18. The number of rotatable bonds is 5. The van der Waals surface area contributed by atoms with Gasteiger partial charge in [0.05, 0.1) is 11.1 Å². The van der Waals surface area contributed by atoms with Crippen molar-refractivity contribution in [1.82, 2.24) is 4.31 Å². The minimum absolute atomic E-state index is 0.0447. The standard InChI is InChI=1S/C21H18FN3O4S2/c22-17-8-4-3-7-15(17)20(27)24-21-16(19(23)26)11-18(30-21)31(28,29)25-10-9-13-5-1-2-6-14(13)12-25/h1-8,11H,9-10,12H2,(H2,23,26)(H,24,27). The Balaban J connectivity index is 1.65. The molecule has 0 saturated heterocycles. The number of anilines is 1. The molecule has 1 aliphatic rings. The van der Waals surface area contributed by atoms with E-state index in [1.54, 1.807) is 0 Å². The molecule has 0 bridgehead atoms. The van der Waals surface area contributed by atoms with Crippen LogP contribution in [0.25, 0.3) is 0 Å². The topological polar surface area (TPSA) is 110 Å². The van der Waals surface area contributed by atoms with E-state index in [0.29, 0.717) is 24.3 Å². The zero-order valence-corrected chi connectivity index (χ0v) is 17.8. The highest BCUT2D eigenvalue weighted by Crippen LogP contribution is 2.35. The Labute approximate surface area is 182 Å². The smallest absolute Gasteiger partial charge is 0.259 e. The molecule has 2 aromatic carbocycles. The van der Waals surface area contributed by atoms with Crippen molar-refractivity contribution in [2.75, 3.05) is 11.9 Å². The number of nitrogens with two attached hydrogens (primary N) is 1. The van der Waals surface area contributed by atoms with Gasteiger partial charge in [-0.05, 0) is 35.7 Å². The number of nitrogens with one attached hydrogen (secondary N) is 1. The number of fused-ring (bicyclic) bond motifs is 1. The summed E-state index contributed by atoms with van der Waals surface area (Å²) in [5.74, 6) is -2.44. The van der Waals surface area contributed by atoms with E-state index in [9.17, 15) is 22.4 Å². The second kappa shape index (κ2) is 8.22. The van der Waals surface area contributed by atoms with Crippen molar-refractivity contribution >= 4 is 38.2 Å². The van der Waals surface area contributed by atoms with Crippen LogP contribution in [0.5, 0.6) is 0 Å². The van der Waals surface area contributed by atoms with Crippen LogP contribution in [0.1, 0.15) is 31.8 Å². The van der Waals surface area contributed by atoms with E-state index in [4.69, 9.17) is 5.73 Å². The van der Waals surface area contributed by atoms with Crippen molar-refractivity contribution in [3.05, 3.63) is 82.7 Å². The van der Waals surface area contributed by atoms with Crippen molar-refractivity contribution in [3.63, 3.8) is 0 Å². The van der Waals surface area contributed by atoms with Gasteiger partial charge in [-0.2, -0.15) is 4.31 Å². The lowest BCUT2D eigenvalue weighted by atomic mass is 10.0. The summed E-state index contributed by atoms with van der Waals surface area (Å²) < 4.78 is 41.5. The summed E-state index contributed by atoms with van der Waals surface area (Å²) in [6.07, 6.45) is 0.570. The van der Waals surface area contributed by atoms with E-state index in [-0.39, 0.29) is 26.9 Å². The normalized spacial score (nSPS) is 14.1. The molecule has 160 valence electrons. The molecule has 7 nitrogen and oxygen atoms in total. The van der Waals surface area contributed by atoms with Crippen LogP contribution in [0.15, 0.2) is 58.8 Å². The first-order valence-corrected chi connectivity index (χ1v) is 11.6. The number of hydrogen-bond acceptors (Lipinski definition) is 5. The second-order valence-corrected chi connectivity index (χ2v) is 10.2.